The molecule has 0 saturated heterocycles. The lowest BCUT2D eigenvalue weighted by Gasteiger charge is -2.10. The van der Waals surface area contributed by atoms with Crippen molar-refractivity contribution in [3.05, 3.63) is 41.3 Å². The third-order valence-electron chi connectivity index (χ3n) is 3.10. The van der Waals surface area contributed by atoms with Gasteiger partial charge >= 0.3 is 6.01 Å². The zero-order chi connectivity index (χ0) is 14.8. The van der Waals surface area contributed by atoms with Gasteiger partial charge in [0.2, 0.25) is 0 Å². The number of imidazole rings is 1. The molecule has 2 heterocycles. The highest BCUT2D eigenvalue weighted by Crippen LogP contribution is 2.26. The molecule has 0 spiro atoms. The standard InChI is InChI=1S/C14H14ClN5O/c1-21-14-17-8-9(15)13(19-14)20-11-5-3-2-4-10(11)18-12(20)6-7-16/h2-5,8H,6-7,16H2,1H3. The van der Waals surface area contributed by atoms with E-state index in [0.717, 1.165) is 16.9 Å². The van der Waals surface area contributed by atoms with Crippen LogP contribution in [0.4, 0.5) is 0 Å². The first-order chi connectivity index (χ1) is 10.2. The van der Waals surface area contributed by atoms with E-state index in [1.54, 1.807) is 0 Å². The second-order valence-electron chi connectivity index (χ2n) is 4.42. The smallest absolute Gasteiger partial charge is 0.318 e. The third kappa shape index (κ3) is 2.43. The number of rotatable bonds is 4. The second kappa shape index (κ2) is 5.67. The Bertz CT molecular complexity index is 786. The Morgan fingerprint density at radius 1 is 1.29 bits per heavy atom. The summed E-state index contributed by atoms with van der Waals surface area (Å²) in [5.74, 6) is 1.35. The van der Waals surface area contributed by atoms with Crippen LogP contribution in [0.1, 0.15) is 5.82 Å². The van der Waals surface area contributed by atoms with Crippen molar-refractivity contribution in [3.8, 4) is 11.8 Å². The number of para-hydroxylation sites is 2. The lowest BCUT2D eigenvalue weighted by atomic mass is 10.3. The average Bonchev–Trinajstić information content (AvgIpc) is 2.86. The molecule has 0 aliphatic carbocycles. The molecule has 0 radical (unpaired) electrons. The van der Waals surface area contributed by atoms with Crippen LogP contribution in [0.5, 0.6) is 6.01 Å². The van der Waals surface area contributed by atoms with Crippen LogP contribution in [-0.2, 0) is 6.42 Å². The molecule has 1 aromatic carbocycles. The fourth-order valence-electron chi connectivity index (χ4n) is 2.21. The Balaban J connectivity index is 2.29. The van der Waals surface area contributed by atoms with Crippen molar-refractivity contribution in [2.24, 2.45) is 5.73 Å². The van der Waals surface area contributed by atoms with Gasteiger partial charge in [-0.2, -0.15) is 4.98 Å². The molecule has 0 saturated carbocycles. The van der Waals surface area contributed by atoms with E-state index in [4.69, 9.17) is 22.1 Å². The molecule has 0 amide bonds. The second-order valence-corrected chi connectivity index (χ2v) is 4.83. The maximum atomic E-state index is 6.26. The third-order valence-corrected chi connectivity index (χ3v) is 3.36. The number of fused-ring (bicyclic) bond motifs is 1. The van der Waals surface area contributed by atoms with Crippen molar-refractivity contribution in [1.29, 1.82) is 0 Å². The van der Waals surface area contributed by atoms with E-state index in [-0.39, 0.29) is 6.01 Å². The minimum Gasteiger partial charge on any atom is -0.467 e. The summed E-state index contributed by atoms with van der Waals surface area (Å²) in [5, 5.41) is 0.428. The number of hydrogen-bond acceptors (Lipinski definition) is 5. The van der Waals surface area contributed by atoms with Crippen LogP contribution in [0.25, 0.3) is 16.9 Å². The fraction of sp³-hybridized carbons (Fsp3) is 0.214. The largest absolute Gasteiger partial charge is 0.467 e. The van der Waals surface area contributed by atoms with Crippen molar-refractivity contribution in [3.63, 3.8) is 0 Å². The molecule has 3 aromatic rings. The van der Waals surface area contributed by atoms with Crippen molar-refractivity contribution >= 4 is 22.6 Å². The van der Waals surface area contributed by atoms with Gasteiger partial charge in [0.15, 0.2) is 5.82 Å². The van der Waals surface area contributed by atoms with Crippen LogP contribution in [-0.4, -0.2) is 33.2 Å². The van der Waals surface area contributed by atoms with Crippen LogP contribution in [0.2, 0.25) is 5.02 Å². The Hall–Kier alpha value is -2.18. The molecule has 3 rings (SSSR count). The quantitative estimate of drug-likeness (QED) is 0.797. The minimum atomic E-state index is 0.255. The number of halogens is 1. The van der Waals surface area contributed by atoms with Gasteiger partial charge < -0.3 is 10.5 Å². The summed E-state index contributed by atoms with van der Waals surface area (Å²) in [6.45, 7) is 0.489. The normalized spacial score (nSPS) is 11.0. The van der Waals surface area contributed by atoms with E-state index in [1.807, 2.05) is 28.8 Å². The van der Waals surface area contributed by atoms with E-state index < -0.39 is 0 Å². The van der Waals surface area contributed by atoms with E-state index in [0.29, 0.717) is 23.8 Å². The lowest BCUT2D eigenvalue weighted by Crippen LogP contribution is -2.11. The van der Waals surface area contributed by atoms with Crippen molar-refractivity contribution in [2.45, 2.75) is 6.42 Å². The van der Waals surface area contributed by atoms with Crippen LogP contribution in [0.15, 0.2) is 30.5 Å². The van der Waals surface area contributed by atoms with E-state index in [9.17, 15) is 0 Å². The first kappa shape index (κ1) is 13.8. The molecule has 0 aliphatic heterocycles. The van der Waals surface area contributed by atoms with Crippen LogP contribution in [0.3, 0.4) is 0 Å². The molecule has 0 atom stereocenters. The lowest BCUT2D eigenvalue weighted by molar-refractivity contribution is 0.379. The van der Waals surface area contributed by atoms with Crippen molar-refractivity contribution in [2.75, 3.05) is 13.7 Å². The highest BCUT2D eigenvalue weighted by molar-refractivity contribution is 6.32. The monoisotopic (exact) mass is 303 g/mol. The molecular formula is C14H14ClN5O. The average molecular weight is 304 g/mol. The highest BCUT2D eigenvalue weighted by atomic mass is 35.5. The molecule has 2 aromatic heterocycles. The van der Waals surface area contributed by atoms with Gasteiger partial charge in [0.25, 0.3) is 0 Å². The summed E-state index contributed by atoms with van der Waals surface area (Å²) in [7, 11) is 1.51. The van der Waals surface area contributed by atoms with E-state index >= 15 is 0 Å². The summed E-state index contributed by atoms with van der Waals surface area (Å²) in [4.78, 5) is 12.9. The van der Waals surface area contributed by atoms with E-state index in [1.165, 1.54) is 13.3 Å². The number of hydrogen-bond donors (Lipinski definition) is 1. The number of nitrogens with two attached hydrogens (primary N) is 1. The zero-order valence-electron chi connectivity index (χ0n) is 11.5. The summed E-state index contributed by atoms with van der Waals surface area (Å²) >= 11 is 6.26. The van der Waals surface area contributed by atoms with Gasteiger partial charge in [0.05, 0.1) is 24.3 Å². The Labute approximate surface area is 126 Å². The van der Waals surface area contributed by atoms with Crippen LogP contribution in [0, 0.1) is 0 Å². The maximum absolute atomic E-state index is 6.26. The van der Waals surface area contributed by atoms with Gasteiger partial charge in [-0.05, 0) is 18.7 Å². The number of ether oxygens (including phenoxy) is 1. The summed E-state index contributed by atoms with van der Waals surface area (Å²) < 4.78 is 6.98. The van der Waals surface area contributed by atoms with Gasteiger partial charge in [-0.3, -0.25) is 4.57 Å². The van der Waals surface area contributed by atoms with Gasteiger partial charge in [-0.15, -0.1) is 0 Å². The van der Waals surface area contributed by atoms with Gasteiger partial charge in [0.1, 0.15) is 10.8 Å². The van der Waals surface area contributed by atoms with Gasteiger partial charge in [-0.25, -0.2) is 9.97 Å². The number of methoxy groups -OCH3 is 1. The predicted octanol–water partition coefficient (Wildman–Crippen LogP) is 1.98. The molecule has 0 bridgehead atoms. The number of aromatic nitrogens is 4. The van der Waals surface area contributed by atoms with Crippen molar-refractivity contribution < 1.29 is 4.74 Å². The molecule has 108 valence electrons. The van der Waals surface area contributed by atoms with Crippen molar-refractivity contribution in [1.82, 2.24) is 19.5 Å². The maximum Gasteiger partial charge on any atom is 0.318 e. The molecule has 21 heavy (non-hydrogen) atoms. The highest BCUT2D eigenvalue weighted by Gasteiger charge is 2.16. The SMILES string of the molecule is COc1ncc(Cl)c(-n2c(CCN)nc3ccccc32)n1. The molecule has 6 nitrogen and oxygen atoms in total. The molecule has 0 fully saturated rings. The molecule has 0 aliphatic rings. The minimum absolute atomic E-state index is 0.255. The Morgan fingerprint density at radius 2 is 2.10 bits per heavy atom. The molecule has 7 heteroatoms. The first-order valence-corrected chi connectivity index (χ1v) is 6.85. The van der Waals surface area contributed by atoms with Crippen LogP contribution >= 0.6 is 11.6 Å². The number of benzene rings is 1. The topological polar surface area (TPSA) is 78.9 Å². The summed E-state index contributed by atoms with van der Waals surface area (Å²) in [6.07, 6.45) is 2.14. The van der Waals surface area contributed by atoms with Crippen LogP contribution < -0.4 is 10.5 Å². The first-order valence-electron chi connectivity index (χ1n) is 6.48. The fourth-order valence-corrected chi connectivity index (χ4v) is 2.38. The molecular weight excluding hydrogens is 290 g/mol. The number of nitrogens with zero attached hydrogens (tertiary/aromatic N) is 4. The summed E-state index contributed by atoms with van der Waals surface area (Å²) in [5.41, 5.74) is 7.47. The zero-order valence-corrected chi connectivity index (χ0v) is 12.2. The Morgan fingerprint density at radius 3 is 2.86 bits per heavy atom. The van der Waals surface area contributed by atoms with Gasteiger partial charge in [-0.1, -0.05) is 23.7 Å². The predicted molar refractivity (Wildman–Crippen MR) is 81.0 cm³/mol. The van der Waals surface area contributed by atoms with E-state index in [2.05, 4.69) is 15.0 Å². The Kier molecular flexibility index (Phi) is 3.72. The molecule has 0 unspecified atom stereocenters. The summed E-state index contributed by atoms with van der Waals surface area (Å²) in [6, 6.07) is 8.05. The molecule has 2 N–H and O–H groups in total. The van der Waals surface area contributed by atoms with Gasteiger partial charge in [0, 0.05) is 6.42 Å².